The van der Waals surface area contributed by atoms with Crippen molar-refractivity contribution in [3.8, 4) is 0 Å². The minimum Gasteiger partial charge on any atom is -0.381 e. The maximum absolute atomic E-state index is 5.50. The van der Waals surface area contributed by atoms with Crippen molar-refractivity contribution < 1.29 is 4.74 Å². The Morgan fingerprint density at radius 2 is 2.12 bits per heavy atom. The Morgan fingerprint density at radius 1 is 1.31 bits per heavy atom. The van der Waals surface area contributed by atoms with Gasteiger partial charge < -0.3 is 10.1 Å². The molecule has 94 valence electrons. The van der Waals surface area contributed by atoms with E-state index in [-0.39, 0.29) is 0 Å². The summed E-state index contributed by atoms with van der Waals surface area (Å²) in [6.07, 6.45) is 1.25. The van der Waals surface area contributed by atoms with Crippen LogP contribution in [0.15, 0.2) is 0 Å². The number of ether oxygens (including phenoxy) is 1. The minimum atomic E-state index is 0.665. The fourth-order valence-corrected chi connectivity index (χ4v) is 2.85. The Balaban J connectivity index is 1.87. The molecule has 0 aromatic heterocycles. The molecule has 0 amide bonds. The molecule has 0 spiro atoms. The summed E-state index contributed by atoms with van der Waals surface area (Å²) < 4.78 is 5.50. The van der Waals surface area contributed by atoms with Crippen LogP contribution in [0, 0.1) is 11.8 Å². The van der Waals surface area contributed by atoms with Gasteiger partial charge in [0.15, 0.2) is 0 Å². The third kappa shape index (κ3) is 2.76. The van der Waals surface area contributed by atoms with Crippen molar-refractivity contribution in [1.29, 1.82) is 0 Å². The highest BCUT2D eigenvalue weighted by atomic mass is 16.5. The lowest BCUT2D eigenvalue weighted by Crippen LogP contribution is -2.56. The van der Waals surface area contributed by atoms with Crippen LogP contribution in [-0.4, -0.2) is 49.8 Å². The summed E-state index contributed by atoms with van der Waals surface area (Å²) in [6, 6.07) is 1.35. The highest BCUT2D eigenvalue weighted by Gasteiger charge is 2.30. The zero-order chi connectivity index (χ0) is 11.5. The van der Waals surface area contributed by atoms with Gasteiger partial charge in [-0.1, -0.05) is 13.8 Å². The standard InChI is InChI=1S/C13H26N2O/c1-10(2)13-8-15(6-5-14-13)11(3)12-4-7-16-9-12/h10-14H,4-9H2,1-3H3. The van der Waals surface area contributed by atoms with Crippen LogP contribution in [-0.2, 0) is 4.74 Å². The maximum atomic E-state index is 5.50. The van der Waals surface area contributed by atoms with E-state index >= 15 is 0 Å². The van der Waals surface area contributed by atoms with E-state index in [4.69, 9.17) is 4.74 Å². The Morgan fingerprint density at radius 3 is 2.75 bits per heavy atom. The topological polar surface area (TPSA) is 24.5 Å². The van der Waals surface area contributed by atoms with Gasteiger partial charge in [-0.25, -0.2) is 0 Å². The zero-order valence-corrected chi connectivity index (χ0v) is 10.9. The number of rotatable bonds is 3. The largest absolute Gasteiger partial charge is 0.381 e. The van der Waals surface area contributed by atoms with E-state index in [1.54, 1.807) is 0 Å². The van der Waals surface area contributed by atoms with E-state index in [0.717, 1.165) is 31.6 Å². The van der Waals surface area contributed by atoms with Crippen LogP contribution in [0.2, 0.25) is 0 Å². The molecule has 2 aliphatic rings. The van der Waals surface area contributed by atoms with E-state index in [1.165, 1.54) is 19.5 Å². The summed E-state index contributed by atoms with van der Waals surface area (Å²) in [5, 5.41) is 3.62. The predicted octanol–water partition coefficient (Wildman–Crippen LogP) is 1.34. The fraction of sp³-hybridized carbons (Fsp3) is 1.00. The van der Waals surface area contributed by atoms with E-state index in [2.05, 4.69) is 31.0 Å². The molecule has 2 fully saturated rings. The molecule has 0 aliphatic carbocycles. The average molecular weight is 226 g/mol. The van der Waals surface area contributed by atoms with Gasteiger partial charge in [-0.15, -0.1) is 0 Å². The highest BCUT2D eigenvalue weighted by Crippen LogP contribution is 2.22. The van der Waals surface area contributed by atoms with Gasteiger partial charge in [0.05, 0.1) is 6.61 Å². The molecule has 2 rings (SSSR count). The Labute approximate surface area is 99.5 Å². The van der Waals surface area contributed by atoms with Gasteiger partial charge in [0.1, 0.15) is 0 Å². The molecule has 2 heterocycles. The van der Waals surface area contributed by atoms with Crippen molar-refractivity contribution in [3.63, 3.8) is 0 Å². The summed E-state index contributed by atoms with van der Waals surface area (Å²) in [7, 11) is 0. The van der Waals surface area contributed by atoms with Crippen LogP contribution in [0.1, 0.15) is 27.2 Å². The molecule has 3 atom stereocenters. The minimum absolute atomic E-state index is 0.665. The normalized spacial score (nSPS) is 34.5. The first-order chi connectivity index (χ1) is 7.68. The molecule has 0 bridgehead atoms. The van der Waals surface area contributed by atoms with Gasteiger partial charge in [0, 0.05) is 38.3 Å². The second kappa shape index (κ2) is 5.48. The summed E-state index contributed by atoms with van der Waals surface area (Å²) in [4.78, 5) is 2.65. The average Bonchev–Trinajstić information content (AvgIpc) is 2.81. The van der Waals surface area contributed by atoms with Crippen molar-refractivity contribution in [3.05, 3.63) is 0 Å². The van der Waals surface area contributed by atoms with Crippen molar-refractivity contribution in [2.75, 3.05) is 32.8 Å². The first-order valence-electron chi connectivity index (χ1n) is 6.73. The molecule has 3 heteroatoms. The van der Waals surface area contributed by atoms with Crippen LogP contribution < -0.4 is 5.32 Å². The predicted molar refractivity (Wildman–Crippen MR) is 66.6 cm³/mol. The third-order valence-corrected chi connectivity index (χ3v) is 4.26. The van der Waals surface area contributed by atoms with Gasteiger partial charge in [-0.05, 0) is 25.2 Å². The van der Waals surface area contributed by atoms with Crippen molar-refractivity contribution in [2.45, 2.75) is 39.3 Å². The summed E-state index contributed by atoms with van der Waals surface area (Å²) in [5.41, 5.74) is 0. The van der Waals surface area contributed by atoms with E-state index < -0.39 is 0 Å². The number of piperazine rings is 1. The van der Waals surface area contributed by atoms with Crippen molar-refractivity contribution in [1.82, 2.24) is 10.2 Å². The monoisotopic (exact) mass is 226 g/mol. The van der Waals surface area contributed by atoms with Gasteiger partial charge in [0.25, 0.3) is 0 Å². The number of nitrogens with one attached hydrogen (secondary N) is 1. The smallest absolute Gasteiger partial charge is 0.0509 e. The quantitative estimate of drug-likeness (QED) is 0.786. The first-order valence-corrected chi connectivity index (χ1v) is 6.73. The summed E-state index contributed by atoms with van der Waals surface area (Å²) >= 11 is 0. The third-order valence-electron chi connectivity index (χ3n) is 4.26. The molecule has 0 radical (unpaired) electrons. The number of hydrogen-bond acceptors (Lipinski definition) is 3. The molecular formula is C13H26N2O. The molecule has 1 N–H and O–H groups in total. The fourth-order valence-electron chi connectivity index (χ4n) is 2.85. The number of hydrogen-bond donors (Lipinski definition) is 1. The molecule has 16 heavy (non-hydrogen) atoms. The Hall–Kier alpha value is -0.120. The summed E-state index contributed by atoms with van der Waals surface area (Å²) in [6.45, 7) is 12.5. The van der Waals surface area contributed by atoms with Gasteiger partial charge in [0.2, 0.25) is 0 Å². The van der Waals surface area contributed by atoms with Crippen LogP contribution in [0.4, 0.5) is 0 Å². The SMILES string of the molecule is CC(C)C1CN(C(C)C2CCOC2)CCN1. The van der Waals surface area contributed by atoms with Crippen molar-refractivity contribution >= 4 is 0 Å². The molecule has 3 unspecified atom stereocenters. The lowest BCUT2D eigenvalue weighted by Gasteiger charge is -2.40. The highest BCUT2D eigenvalue weighted by molar-refractivity contribution is 4.86. The van der Waals surface area contributed by atoms with Gasteiger partial charge in [-0.3, -0.25) is 4.90 Å². The molecular weight excluding hydrogens is 200 g/mol. The lowest BCUT2D eigenvalue weighted by molar-refractivity contribution is 0.0906. The molecule has 2 aliphatic heterocycles. The van der Waals surface area contributed by atoms with E-state index in [0.29, 0.717) is 12.1 Å². The van der Waals surface area contributed by atoms with Gasteiger partial charge >= 0.3 is 0 Å². The Kier molecular flexibility index (Phi) is 4.22. The number of nitrogens with zero attached hydrogens (tertiary/aromatic N) is 1. The maximum Gasteiger partial charge on any atom is 0.0509 e. The van der Waals surface area contributed by atoms with E-state index in [1.807, 2.05) is 0 Å². The van der Waals surface area contributed by atoms with Crippen molar-refractivity contribution in [2.24, 2.45) is 11.8 Å². The first kappa shape index (κ1) is 12.3. The van der Waals surface area contributed by atoms with Crippen LogP contribution in [0.25, 0.3) is 0 Å². The van der Waals surface area contributed by atoms with Crippen LogP contribution >= 0.6 is 0 Å². The van der Waals surface area contributed by atoms with Crippen LogP contribution in [0.3, 0.4) is 0 Å². The summed E-state index contributed by atoms with van der Waals surface area (Å²) in [5.74, 6) is 1.49. The second-order valence-electron chi connectivity index (χ2n) is 5.66. The van der Waals surface area contributed by atoms with E-state index in [9.17, 15) is 0 Å². The molecule has 0 aromatic carbocycles. The molecule has 0 saturated carbocycles. The zero-order valence-electron chi connectivity index (χ0n) is 10.9. The van der Waals surface area contributed by atoms with Crippen LogP contribution in [0.5, 0.6) is 0 Å². The van der Waals surface area contributed by atoms with Gasteiger partial charge in [-0.2, -0.15) is 0 Å². The Bertz CT molecular complexity index is 214. The second-order valence-corrected chi connectivity index (χ2v) is 5.66. The molecule has 3 nitrogen and oxygen atoms in total. The molecule has 0 aromatic rings. The molecule has 2 saturated heterocycles. The lowest BCUT2D eigenvalue weighted by atomic mass is 9.95.